The van der Waals surface area contributed by atoms with E-state index in [1.54, 1.807) is 18.2 Å². The molecule has 1 aromatic heterocycles. The predicted molar refractivity (Wildman–Crippen MR) is 92.5 cm³/mol. The van der Waals surface area contributed by atoms with Crippen molar-refractivity contribution >= 4 is 34.0 Å². The number of fused-ring (bicyclic) bond motifs is 2. The van der Waals surface area contributed by atoms with Crippen LogP contribution in [0.15, 0.2) is 42.7 Å². The molecule has 120 valence electrons. The summed E-state index contributed by atoms with van der Waals surface area (Å²) in [6, 6.07) is 10.7. The molecule has 0 saturated carbocycles. The van der Waals surface area contributed by atoms with Crippen molar-refractivity contribution in [2.24, 2.45) is 0 Å². The van der Waals surface area contributed by atoms with Crippen LogP contribution in [0.1, 0.15) is 11.1 Å². The zero-order chi connectivity index (χ0) is 16.7. The summed E-state index contributed by atoms with van der Waals surface area (Å²) in [5.74, 6) is 0.754. The minimum Gasteiger partial charge on any atom is -0.366 e. The molecule has 0 amide bonds. The predicted octanol–water partition coefficient (Wildman–Crippen LogP) is 3.77. The number of nitro benzene ring substituents is 1. The fraction of sp³-hybridized carbons (Fsp3) is 0.176. The van der Waals surface area contributed by atoms with E-state index in [1.165, 1.54) is 6.33 Å². The fourth-order valence-electron chi connectivity index (χ4n) is 3.16. The minimum atomic E-state index is -0.358. The lowest BCUT2D eigenvalue weighted by atomic mass is 10.1. The Kier molecular flexibility index (Phi) is 3.54. The van der Waals surface area contributed by atoms with E-state index < -0.39 is 0 Å². The second-order valence-electron chi connectivity index (χ2n) is 5.84. The van der Waals surface area contributed by atoms with E-state index in [4.69, 9.17) is 11.6 Å². The molecule has 7 heteroatoms. The Balaban J connectivity index is 1.60. The van der Waals surface area contributed by atoms with Gasteiger partial charge in [-0.15, -0.1) is 0 Å². The van der Waals surface area contributed by atoms with Gasteiger partial charge in [0.05, 0.1) is 10.4 Å². The highest BCUT2D eigenvalue weighted by Gasteiger charge is 2.24. The van der Waals surface area contributed by atoms with Crippen molar-refractivity contribution in [3.63, 3.8) is 0 Å². The number of rotatable bonds is 3. The summed E-state index contributed by atoms with van der Waals surface area (Å²) >= 11 is 6.01. The Labute approximate surface area is 142 Å². The molecule has 0 saturated heterocycles. The standard InChI is InChI=1S/C17H13ClN4O2/c18-12-2-4-15-16(8-12)19-9-20-17(15)21-13-5-10-1-3-14(22(23)24)7-11(10)6-13/h1-4,7-9,13H,5-6H2,(H,19,20,21). The first kappa shape index (κ1) is 14.8. The monoisotopic (exact) mass is 340 g/mol. The van der Waals surface area contributed by atoms with E-state index >= 15 is 0 Å². The molecule has 1 atom stereocenters. The van der Waals surface area contributed by atoms with Crippen molar-refractivity contribution < 1.29 is 4.92 Å². The number of hydrogen-bond acceptors (Lipinski definition) is 5. The van der Waals surface area contributed by atoms with Gasteiger partial charge in [-0.2, -0.15) is 0 Å². The molecule has 1 aliphatic carbocycles. The van der Waals surface area contributed by atoms with Gasteiger partial charge in [0, 0.05) is 28.6 Å². The molecule has 6 nitrogen and oxygen atoms in total. The average Bonchev–Trinajstić information content (AvgIpc) is 2.96. The molecule has 4 rings (SSSR count). The van der Waals surface area contributed by atoms with Gasteiger partial charge < -0.3 is 5.32 Å². The first-order chi connectivity index (χ1) is 11.6. The second-order valence-corrected chi connectivity index (χ2v) is 6.28. The van der Waals surface area contributed by atoms with Gasteiger partial charge in [-0.3, -0.25) is 10.1 Å². The maximum atomic E-state index is 10.9. The maximum Gasteiger partial charge on any atom is 0.269 e. The minimum absolute atomic E-state index is 0.136. The van der Waals surface area contributed by atoms with Gasteiger partial charge in [0.25, 0.3) is 5.69 Å². The van der Waals surface area contributed by atoms with Crippen LogP contribution in [0.4, 0.5) is 11.5 Å². The van der Waals surface area contributed by atoms with Crippen LogP contribution in [-0.4, -0.2) is 20.9 Å². The van der Waals surface area contributed by atoms with Crippen LogP contribution in [0, 0.1) is 10.1 Å². The van der Waals surface area contributed by atoms with Crippen molar-refractivity contribution in [3.8, 4) is 0 Å². The van der Waals surface area contributed by atoms with Gasteiger partial charge in [0.1, 0.15) is 12.1 Å². The van der Waals surface area contributed by atoms with Crippen molar-refractivity contribution in [1.82, 2.24) is 9.97 Å². The van der Waals surface area contributed by atoms with Gasteiger partial charge in [0.15, 0.2) is 0 Å². The molecular weight excluding hydrogens is 328 g/mol. The Bertz CT molecular complexity index is 960. The molecule has 0 fully saturated rings. The topological polar surface area (TPSA) is 81.0 Å². The number of nitro groups is 1. The molecule has 1 aliphatic rings. The van der Waals surface area contributed by atoms with Gasteiger partial charge in [-0.1, -0.05) is 17.7 Å². The first-order valence-electron chi connectivity index (χ1n) is 7.53. The summed E-state index contributed by atoms with van der Waals surface area (Å²) in [6.07, 6.45) is 3.05. The smallest absolute Gasteiger partial charge is 0.269 e. The molecule has 2 aromatic carbocycles. The summed E-state index contributed by atoms with van der Waals surface area (Å²) in [7, 11) is 0. The molecular formula is C17H13ClN4O2. The summed E-state index contributed by atoms with van der Waals surface area (Å²) in [4.78, 5) is 19.1. The number of non-ortho nitro benzene ring substituents is 1. The van der Waals surface area contributed by atoms with E-state index in [0.29, 0.717) is 5.02 Å². The van der Waals surface area contributed by atoms with E-state index in [0.717, 1.165) is 40.7 Å². The number of aromatic nitrogens is 2. The number of halogens is 1. The highest BCUT2D eigenvalue weighted by Crippen LogP contribution is 2.29. The lowest BCUT2D eigenvalue weighted by molar-refractivity contribution is -0.384. The van der Waals surface area contributed by atoms with Crippen molar-refractivity contribution in [3.05, 3.63) is 69.0 Å². The highest BCUT2D eigenvalue weighted by atomic mass is 35.5. The van der Waals surface area contributed by atoms with E-state index in [1.807, 2.05) is 18.2 Å². The fourth-order valence-corrected chi connectivity index (χ4v) is 3.33. The number of hydrogen-bond donors (Lipinski definition) is 1. The van der Waals surface area contributed by atoms with Gasteiger partial charge >= 0.3 is 0 Å². The molecule has 0 aliphatic heterocycles. The van der Waals surface area contributed by atoms with Crippen molar-refractivity contribution in [1.29, 1.82) is 0 Å². The van der Waals surface area contributed by atoms with Gasteiger partial charge in [0.2, 0.25) is 0 Å². The lowest BCUT2D eigenvalue weighted by Crippen LogP contribution is -2.20. The van der Waals surface area contributed by atoms with Gasteiger partial charge in [-0.05, 0) is 42.2 Å². The van der Waals surface area contributed by atoms with Crippen LogP contribution >= 0.6 is 11.6 Å². The molecule has 24 heavy (non-hydrogen) atoms. The summed E-state index contributed by atoms with van der Waals surface area (Å²) in [6.45, 7) is 0. The van der Waals surface area contributed by atoms with Crippen LogP contribution in [-0.2, 0) is 12.8 Å². The van der Waals surface area contributed by atoms with E-state index in [9.17, 15) is 10.1 Å². The summed E-state index contributed by atoms with van der Waals surface area (Å²) in [5, 5.41) is 15.9. The van der Waals surface area contributed by atoms with Crippen LogP contribution < -0.4 is 5.32 Å². The number of benzene rings is 2. The Morgan fingerprint density at radius 1 is 1.12 bits per heavy atom. The van der Waals surface area contributed by atoms with Crippen LogP contribution in [0.5, 0.6) is 0 Å². The van der Waals surface area contributed by atoms with Crippen molar-refractivity contribution in [2.75, 3.05) is 5.32 Å². The van der Waals surface area contributed by atoms with E-state index in [2.05, 4.69) is 15.3 Å². The third-order valence-corrected chi connectivity index (χ3v) is 4.51. The first-order valence-corrected chi connectivity index (χ1v) is 7.91. The SMILES string of the molecule is O=[N+]([O-])c1ccc2c(c1)CC(Nc1ncnc3cc(Cl)ccc13)C2. The second kappa shape index (κ2) is 5.72. The number of anilines is 1. The molecule has 0 radical (unpaired) electrons. The Morgan fingerprint density at radius 2 is 1.96 bits per heavy atom. The lowest BCUT2D eigenvalue weighted by Gasteiger charge is -2.14. The normalized spacial score (nSPS) is 16.1. The van der Waals surface area contributed by atoms with E-state index in [-0.39, 0.29) is 16.7 Å². The summed E-state index contributed by atoms with van der Waals surface area (Å²) < 4.78 is 0. The number of nitrogens with zero attached hydrogens (tertiary/aromatic N) is 3. The zero-order valence-electron chi connectivity index (χ0n) is 12.6. The average molecular weight is 341 g/mol. The molecule has 0 spiro atoms. The quantitative estimate of drug-likeness (QED) is 0.579. The third kappa shape index (κ3) is 2.65. The Hall–Kier alpha value is -2.73. The summed E-state index contributed by atoms with van der Waals surface area (Å²) in [5.41, 5.74) is 3.07. The zero-order valence-corrected chi connectivity index (χ0v) is 13.3. The van der Waals surface area contributed by atoms with Crippen LogP contribution in [0.2, 0.25) is 5.02 Å². The largest absolute Gasteiger partial charge is 0.366 e. The van der Waals surface area contributed by atoms with Crippen molar-refractivity contribution in [2.45, 2.75) is 18.9 Å². The molecule has 3 aromatic rings. The number of nitrogens with one attached hydrogen (secondary N) is 1. The van der Waals surface area contributed by atoms with Crippen LogP contribution in [0.3, 0.4) is 0 Å². The highest BCUT2D eigenvalue weighted by molar-refractivity contribution is 6.31. The molecule has 1 N–H and O–H groups in total. The maximum absolute atomic E-state index is 10.9. The van der Waals surface area contributed by atoms with Gasteiger partial charge in [-0.25, -0.2) is 9.97 Å². The third-order valence-electron chi connectivity index (χ3n) is 4.27. The molecule has 1 unspecified atom stereocenters. The van der Waals surface area contributed by atoms with Crippen LogP contribution in [0.25, 0.3) is 10.9 Å². The Morgan fingerprint density at radius 3 is 2.79 bits per heavy atom. The molecule has 0 bridgehead atoms. The molecule has 1 heterocycles.